The Bertz CT molecular complexity index is 513. The van der Waals surface area contributed by atoms with E-state index >= 15 is 0 Å². The lowest BCUT2D eigenvalue weighted by Crippen LogP contribution is -1.90. The topological polar surface area (TPSA) is 0 Å². The van der Waals surface area contributed by atoms with E-state index in [-0.39, 0.29) is 0 Å². The molecule has 0 radical (unpaired) electrons. The summed E-state index contributed by atoms with van der Waals surface area (Å²) in [4.78, 5) is 1.27. The Morgan fingerprint density at radius 3 is 2.06 bits per heavy atom. The quantitative estimate of drug-likeness (QED) is 0.668. The fourth-order valence-corrected chi connectivity index (χ4v) is 2.99. The minimum Gasteiger partial charge on any atom is -0.121 e. The average Bonchev–Trinajstić information content (AvgIpc) is 2.41. The highest BCUT2D eigenvalue weighted by Crippen LogP contribution is 2.28. The maximum absolute atomic E-state index is 6.21. The number of halogens is 1. The van der Waals surface area contributed by atoms with Gasteiger partial charge in [-0.05, 0) is 30.2 Å². The molecule has 0 saturated heterocycles. The third-order valence-corrected chi connectivity index (χ3v) is 3.93. The summed E-state index contributed by atoms with van der Waals surface area (Å²) in [6.07, 6.45) is 0. The molecule has 0 atom stereocenters. The van der Waals surface area contributed by atoms with E-state index in [4.69, 9.17) is 11.6 Å². The summed E-state index contributed by atoms with van der Waals surface area (Å²) in [5, 5.41) is 0.865. The lowest BCUT2D eigenvalue weighted by molar-refractivity contribution is 1.45. The van der Waals surface area contributed by atoms with Crippen LogP contribution in [0, 0.1) is 0 Å². The number of allylic oxidation sites excluding steroid dienone is 1. The monoisotopic (exact) mass is 274 g/mol. The van der Waals surface area contributed by atoms with Crippen molar-refractivity contribution in [2.24, 2.45) is 0 Å². The largest absolute Gasteiger partial charge is 0.121 e. The summed E-state index contributed by atoms with van der Waals surface area (Å²) < 4.78 is 0. The van der Waals surface area contributed by atoms with Crippen LogP contribution in [-0.4, -0.2) is 5.75 Å². The maximum Gasteiger partial charge on any atom is 0.0249 e. The summed E-state index contributed by atoms with van der Waals surface area (Å²) in [5.41, 5.74) is 2.40. The molecule has 2 aromatic rings. The number of thioether (sulfide) groups is 1. The van der Waals surface area contributed by atoms with E-state index in [2.05, 4.69) is 36.4 Å². The van der Waals surface area contributed by atoms with Gasteiger partial charge in [-0.15, -0.1) is 11.8 Å². The van der Waals surface area contributed by atoms with Gasteiger partial charge in [0.25, 0.3) is 0 Å². The number of rotatable bonds is 4. The second-order valence-corrected chi connectivity index (χ2v) is 5.60. The van der Waals surface area contributed by atoms with Crippen molar-refractivity contribution >= 4 is 28.9 Å². The second-order valence-electron chi connectivity index (χ2n) is 3.98. The van der Waals surface area contributed by atoms with Crippen LogP contribution in [0.15, 0.2) is 70.6 Å². The van der Waals surface area contributed by atoms with E-state index in [0.29, 0.717) is 0 Å². The van der Waals surface area contributed by atoms with E-state index in [9.17, 15) is 0 Å². The van der Waals surface area contributed by atoms with Crippen molar-refractivity contribution in [2.75, 3.05) is 5.75 Å². The van der Waals surface area contributed by atoms with Crippen LogP contribution >= 0.6 is 23.4 Å². The molecule has 0 unspecified atom stereocenters. The van der Waals surface area contributed by atoms with Crippen LogP contribution in [0.1, 0.15) is 12.5 Å². The highest BCUT2D eigenvalue weighted by molar-refractivity contribution is 7.99. The minimum absolute atomic E-state index is 0.865. The van der Waals surface area contributed by atoms with Gasteiger partial charge in [-0.25, -0.2) is 0 Å². The predicted molar refractivity (Wildman–Crippen MR) is 82.1 cm³/mol. The van der Waals surface area contributed by atoms with Crippen LogP contribution in [-0.2, 0) is 0 Å². The summed E-state index contributed by atoms with van der Waals surface area (Å²) >= 11 is 8.02. The van der Waals surface area contributed by atoms with Gasteiger partial charge in [-0.2, -0.15) is 0 Å². The normalized spacial score (nSPS) is 12.1. The van der Waals surface area contributed by atoms with Gasteiger partial charge in [0, 0.05) is 15.7 Å². The zero-order valence-corrected chi connectivity index (χ0v) is 11.8. The van der Waals surface area contributed by atoms with E-state index < -0.39 is 0 Å². The molecule has 92 valence electrons. The summed E-state index contributed by atoms with van der Waals surface area (Å²) in [7, 11) is 0. The van der Waals surface area contributed by atoms with Crippen molar-refractivity contribution in [3.63, 3.8) is 0 Å². The molecule has 0 amide bonds. The number of benzene rings is 2. The van der Waals surface area contributed by atoms with Crippen molar-refractivity contribution in [1.29, 1.82) is 0 Å². The molecule has 0 aliphatic heterocycles. The van der Waals surface area contributed by atoms with Gasteiger partial charge in [-0.1, -0.05) is 60.1 Å². The van der Waals surface area contributed by atoms with Crippen molar-refractivity contribution in [2.45, 2.75) is 11.8 Å². The van der Waals surface area contributed by atoms with Gasteiger partial charge in [0.2, 0.25) is 0 Å². The molecule has 18 heavy (non-hydrogen) atoms. The minimum atomic E-state index is 0.865. The molecule has 0 bridgehead atoms. The van der Waals surface area contributed by atoms with Crippen LogP contribution in [0.25, 0.3) is 5.57 Å². The Morgan fingerprint density at radius 1 is 0.944 bits per heavy atom. The van der Waals surface area contributed by atoms with Crippen molar-refractivity contribution in [3.8, 4) is 0 Å². The van der Waals surface area contributed by atoms with Crippen molar-refractivity contribution < 1.29 is 0 Å². The first kappa shape index (κ1) is 13.3. The second kappa shape index (κ2) is 6.67. The lowest BCUT2D eigenvalue weighted by Gasteiger charge is -2.09. The number of hydrogen-bond acceptors (Lipinski definition) is 1. The molecule has 2 aromatic carbocycles. The molecule has 2 rings (SSSR count). The zero-order valence-electron chi connectivity index (χ0n) is 10.3. The Kier molecular flexibility index (Phi) is 4.91. The van der Waals surface area contributed by atoms with Gasteiger partial charge in [-0.3, -0.25) is 0 Å². The van der Waals surface area contributed by atoms with Gasteiger partial charge in [0.05, 0.1) is 0 Å². The number of hydrogen-bond donors (Lipinski definition) is 0. The van der Waals surface area contributed by atoms with Crippen LogP contribution in [0.3, 0.4) is 0 Å². The summed E-state index contributed by atoms with van der Waals surface area (Å²) in [6.45, 7) is 1.95. The standard InChI is InChI=1S/C16H15ClS/c1-13(17)16(14-8-4-2-5-9-14)12-18-15-10-6-3-7-11-15/h2-11H,12H2,1H3. The SMILES string of the molecule is CC(Cl)=C(CSc1ccccc1)c1ccccc1. The molecule has 0 fully saturated rings. The molecule has 0 aliphatic carbocycles. The zero-order chi connectivity index (χ0) is 12.8. The molecule has 0 saturated carbocycles. The van der Waals surface area contributed by atoms with E-state index in [0.717, 1.165) is 10.8 Å². The summed E-state index contributed by atoms with van der Waals surface area (Å²) in [5.74, 6) is 0.892. The first-order chi connectivity index (χ1) is 8.77. The van der Waals surface area contributed by atoms with Gasteiger partial charge < -0.3 is 0 Å². The molecular formula is C16H15ClS. The molecule has 0 heterocycles. The van der Waals surface area contributed by atoms with Gasteiger partial charge >= 0.3 is 0 Å². The first-order valence-electron chi connectivity index (χ1n) is 5.86. The molecule has 0 aromatic heterocycles. The van der Waals surface area contributed by atoms with E-state index in [1.165, 1.54) is 16.0 Å². The molecule has 0 spiro atoms. The summed E-state index contributed by atoms with van der Waals surface area (Å²) in [6, 6.07) is 20.7. The lowest BCUT2D eigenvalue weighted by atomic mass is 10.1. The maximum atomic E-state index is 6.21. The predicted octanol–water partition coefficient (Wildman–Crippen LogP) is 5.45. The Balaban J connectivity index is 2.13. The average molecular weight is 275 g/mol. The molecule has 0 nitrogen and oxygen atoms in total. The Hall–Kier alpha value is -1.18. The fraction of sp³-hybridized carbons (Fsp3) is 0.125. The molecule has 0 N–H and O–H groups in total. The highest BCUT2D eigenvalue weighted by Gasteiger charge is 2.05. The Morgan fingerprint density at radius 2 is 1.50 bits per heavy atom. The van der Waals surface area contributed by atoms with Crippen molar-refractivity contribution in [3.05, 3.63) is 71.3 Å². The third kappa shape index (κ3) is 3.66. The van der Waals surface area contributed by atoms with E-state index in [1.54, 1.807) is 0 Å². The molecule has 0 aliphatic rings. The highest BCUT2D eigenvalue weighted by atomic mass is 35.5. The Labute approximate surface area is 118 Å². The third-order valence-electron chi connectivity index (χ3n) is 2.66. The first-order valence-corrected chi connectivity index (χ1v) is 7.22. The van der Waals surface area contributed by atoms with Crippen LogP contribution in [0.5, 0.6) is 0 Å². The van der Waals surface area contributed by atoms with Crippen LogP contribution in [0.4, 0.5) is 0 Å². The molecular weight excluding hydrogens is 260 g/mol. The van der Waals surface area contributed by atoms with E-state index in [1.807, 2.05) is 43.0 Å². The van der Waals surface area contributed by atoms with Crippen molar-refractivity contribution in [1.82, 2.24) is 0 Å². The fourth-order valence-electron chi connectivity index (χ4n) is 1.69. The van der Waals surface area contributed by atoms with Gasteiger partial charge in [0.1, 0.15) is 0 Å². The smallest absolute Gasteiger partial charge is 0.0249 e. The molecule has 2 heteroatoms. The van der Waals surface area contributed by atoms with Gasteiger partial charge in [0.15, 0.2) is 0 Å². The van der Waals surface area contributed by atoms with Crippen LogP contribution < -0.4 is 0 Å². The van der Waals surface area contributed by atoms with Crippen LogP contribution in [0.2, 0.25) is 0 Å².